The van der Waals surface area contributed by atoms with Crippen molar-refractivity contribution in [1.29, 1.82) is 0 Å². The lowest BCUT2D eigenvalue weighted by Crippen LogP contribution is -2.27. The van der Waals surface area contributed by atoms with Gasteiger partial charge in [-0.3, -0.25) is 0 Å². The van der Waals surface area contributed by atoms with Crippen LogP contribution in [0.15, 0.2) is 12.1 Å². The Kier molecular flexibility index (Phi) is 2.04. The number of hydrogen-bond acceptors (Lipinski definition) is 2. The Hall–Kier alpha value is -1.71. The summed E-state index contributed by atoms with van der Waals surface area (Å²) in [6, 6.07) is 3.31. The molecule has 0 bridgehead atoms. The Balaban J connectivity index is 2.46. The van der Waals surface area contributed by atoms with Gasteiger partial charge in [0.15, 0.2) is 0 Å². The Labute approximate surface area is 81.9 Å². The molecule has 0 fully saturated rings. The van der Waals surface area contributed by atoms with Gasteiger partial charge in [0.1, 0.15) is 5.75 Å². The third kappa shape index (κ3) is 1.51. The van der Waals surface area contributed by atoms with Crippen LogP contribution >= 0.6 is 0 Å². The fourth-order valence-electron chi connectivity index (χ4n) is 1.54. The molecular weight excluding hydrogens is 180 g/mol. The number of fused-ring (bicyclic) bond motifs is 1. The number of hydrogen-bond donors (Lipinski definition) is 3. The number of amides is 2. The van der Waals surface area contributed by atoms with Gasteiger partial charge in [0.2, 0.25) is 0 Å². The van der Waals surface area contributed by atoms with Crippen molar-refractivity contribution in [3.63, 3.8) is 0 Å². The van der Waals surface area contributed by atoms with Gasteiger partial charge in [-0.25, -0.2) is 4.79 Å². The van der Waals surface area contributed by atoms with Gasteiger partial charge >= 0.3 is 6.03 Å². The van der Waals surface area contributed by atoms with Crippen molar-refractivity contribution < 1.29 is 9.90 Å². The van der Waals surface area contributed by atoms with Gasteiger partial charge in [0.25, 0.3) is 0 Å². The lowest BCUT2D eigenvalue weighted by molar-refractivity contribution is 0.252. The number of urea groups is 1. The van der Waals surface area contributed by atoms with Crippen LogP contribution in [0.5, 0.6) is 5.75 Å². The largest absolute Gasteiger partial charge is 0.508 e. The predicted molar refractivity (Wildman–Crippen MR) is 53.6 cm³/mol. The fraction of sp³-hybridized carbons (Fsp3) is 0.300. The number of phenolic OH excluding ortho intramolecular Hbond substituents is 1. The van der Waals surface area contributed by atoms with Crippen LogP contribution < -0.4 is 10.6 Å². The zero-order valence-electron chi connectivity index (χ0n) is 7.92. The number of anilines is 1. The molecule has 0 spiro atoms. The van der Waals surface area contributed by atoms with Gasteiger partial charge in [0.05, 0.1) is 0 Å². The lowest BCUT2D eigenvalue weighted by atomic mass is 10.1. The van der Waals surface area contributed by atoms with Crippen LogP contribution in [-0.2, 0) is 6.42 Å². The molecule has 0 atom stereocenters. The van der Waals surface area contributed by atoms with Crippen molar-refractivity contribution in [3.05, 3.63) is 23.3 Å². The summed E-state index contributed by atoms with van der Waals surface area (Å²) in [5.41, 5.74) is 2.52. The van der Waals surface area contributed by atoms with E-state index in [0.717, 1.165) is 23.2 Å². The van der Waals surface area contributed by atoms with E-state index in [-0.39, 0.29) is 11.8 Å². The average molecular weight is 192 g/mol. The van der Waals surface area contributed by atoms with Crippen LogP contribution in [0.4, 0.5) is 10.5 Å². The molecular formula is C10H12N2O2. The lowest BCUT2D eigenvalue weighted by Gasteiger charge is -2.08. The van der Waals surface area contributed by atoms with Crippen LogP contribution in [0.1, 0.15) is 11.1 Å². The summed E-state index contributed by atoms with van der Waals surface area (Å²) in [6.07, 6.45) is 0.738. The summed E-state index contributed by atoms with van der Waals surface area (Å²) in [4.78, 5) is 11.2. The maximum absolute atomic E-state index is 11.2. The highest BCUT2D eigenvalue weighted by Gasteiger charge is 2.13. The van der Waals surface area contributed by atoms with Crippen molar-refractivity contribution in [2.24, 2.45) is 0 Å². The minimum Gasteiger partial charge on any atom is -0.508 e. The van der Waals surface area contributed by atoms with E-state index >= 15 is 0 Å². The first-order chi connectivity index (χ1) is 6.66. The van der Waals surface area contributed by atoms with E-state index in [2.05, 4.69) is 10.6 Å². The Morgan fingerprint density at radius 1 is 1.43 bits per heavy atom. The normalized spacial score (nSPS) is 15.1. The van der Waals surface area contributed by atoms with Crippen LogP contribution in [0.25, 0.3) is 0 Å². The van der Waals surface area contributed by atoms with Gasteiger partial charge in [0, 0.05) is 12.2 Å². The van der Waals surface area contributed by atoms with Crippen LogP contribution in [0.3, 0.4) is 0 Å². The molecule has 1 heterocycles. The number of rotatable bonds is 0. The summed E-state index contributed by atoms with van der Waals surface area (Å²) < 4.78 is 0. The maximum Gasteiger partial charge on any atom is 0.319 e. The third-order valence-corrected chi connectivity index (χ3v) is 2.35. The molecule has 0 saturated carbocycles. The van der Waals surface area contributed by atoms with Gasteiger partial charge in [-0.05, 0) is 36.6 Å². The summed E-state index contributed by atoms with van der Waals surface area (Å²) in [5.74, 6) is 0.278. The van der Waals surface area contributed by atoms with Crippen molar-refractivity contribution in [2.75, 3.05) is 11.9 Å². The summed E-state index contributed by atoms with van der Waals surface area (Å²) >= 11 is 0. The standard InChI is InChI=1S/C10H12N2O2/c1-6-4-8-7(5-9(6)13)2-3-11-10(14)12-8/h4-5,13H,2-3H2,1H3,(H2,11,12,14). The number of nitrogens with one attached hydrogen (secondary N) is 2. The average Bonchev–Trinajstić information content (AvgIpc) is 2.28. The number of benzene rings is 1. The molecule has 1 aromatic rings. The van der Waals surface area contributed by atoms with E-state index in [9.17, 15) is 9.90 Å². The number of aryl methyl sites for hydroxylation is 1. The van der Waals surface area contributed by atoms with Crippen LogP contribution in [-0.4, -0.2) is 17.7 Å². The minimum atomic E-state index is -0.186. The number of aromatic hydroxyl groups is 1. The molecule has 14 heavy (non-hydrogen) atoms. The highest BCUT2D eigenvalue weighted by atomic mass is 16.3. The molecule has 1 aliphatic heterocycles. The molecule has 0 aromatic heterocycles. The van der Waals surface area contributed by atoms with Crippen molar-refractivity contribution >= 4 is 11.7 Å². The van der Waals surface area contributed by atoms with Gasteiger partial charge in [-0.15, -0.1) is 0 Å². The zero-order valence-corrected chi connectivity index (χ0v) is 7.92. The van der Waals surface area contributed by atoms with E-state index < -0.39 is 0 Å². The second-order valence-corrected chi connectivity index (χ2v) is 3.43. The molecule has 2 amide bonds. The zero-order chi connectivity index (χ0) is 10.1. The molecule has 3 N–H and O–H groups in total. The van der Waals surface area contributed by atoms with E-state index in [1.807, 2.05) is 0 Å². The first kappa shape index (κ1) is 8.87. The molecule has 0 saturated heterocycles. The second-order valence-electron chi connectivity index (χ2n) is 3.43. The van der Waals surface area contributed by atoms with Crippen molar-refractivity contribution in [1.82, 2.24) is 5.32 Å². The molecule has 2 rings (SSSR count). The van der Waals surface area contributed by atoms with E-state index in [0.29, 0.717) is 6.54 Å². The van der Waals surface area contributed by atoms with Crippen LogP contribution in [0.2, 0.25) is 0 Å². The Bertz CT molecular complexity index is 388. The number of carbonyl (C=O) groups excluding carboxylic acids is 1. The summed E-state index contributed by atoms with van der Waals surface area (Å²) in [6.45, 7) is 2.40. The summed E-state index contributed by atoms with van der Waals surface area (Å²) in [5, 5.41) is 14.9. The molecule has 1 aliphatic rings. The Morgan fingerprint density at radius 2 is 2.21 bits per heavy atom. The minimum absolute atomic E-state index is 0.186. The Morgan fingerprint density at radius 3 is 3.00 bits per heavy atom. The molecule has 74 valence electrons. The van der Waals surface area contributed by atoms with Crippen LogP contribution in [0, 0.1) is 6.92 Å². The smallest absolute Gasteiger partial charge is 0.319 e. The van der Waals surface area contributed by atoms with Gasteiger partial charge in [-0.1, -0.05) is 0 Å². The fourth-order valence-corrected chi connectivity index (χ4v) is 1.54. The SMILES string of the molecule is Cc1cc2c(cc1O)CCNC(=O)N2. The second kappa shape index (κ2) is 3.21. The topological polar surface area (TPSA) is 61.4 Å². The first-order valence-corrected chi connectivity index (χ1v) is 4.54. The van der Waals surface area contributed by atoms with Gasteiger partial charge in [-0.2, -0.15) is 0 Å². The van der Waals surface area contributed by atoms with Crippen molar-refractivity contribution in [2.45, 2.75) is 13.3 Å². The molecule has 1 aromatic carbocycles. The highest BCUT2D eigenvalue weighted by Crippen LogP contribution is 2.26. The molecule has 0 aliphatic carbocycles. The number of phenols is 1. The van der Waals surface area contributed by atoms with E-state index in [4.69, 9.17) is 0 Å². The number of carbonyl (C=O) groups is 1. The third-order valence-electron chi connectivity index (χ3n) is 2.35. The molecule has 4 heteroatoms. The maximum atomic E-state index is 11.2. The quantitative estimate of drug-likeness (QED) is 0.544. The van der Waals surface area contributed by atoms with Crippen molar-refractivity contribution in [3.8, 4) is 5.75 Å². The predicted octanol–water partition coefficient (Wildman–Crippen LogP) is 1.38. The highest BCUT2D eigenvalue weighted by molar-refractivity contribution is 5.91. The van der Waals surface area contributed by atoms with E-state index in [1.54, 1.807) is 19.1 Å². The molecule has 4 nitrogen and oxygen atoms in total. The van der Waals surface area contributed by atoms with Gasteiger partial charge < -0.3 is 15.7 Å². The monoisotopic (exact) mass is 192 g/mol. The molecule has 0 radical (unpaired) electrons. The first-order valence-electron chi connectivity index (χ1n) is 4.54. The summed E-state index contributed by atoms with van der Waals surface area (Å²) in [7, 11) is 0. The van der Waals surface area contributed by atoms with E-state index in [1.165, 1.54) is 0 Å². The molecule has 0 unspecified atom stereocenters.